The number of carbonyl (C=O) groups excluding carboxylic acids is 1. The van der Waals surface area contributed by atoms with Crippen molar-refractivity contribution in [1.29, 1.82) is 0 Å². The normalized spacial score (nSPS) is 11.9. The number of hydrogen-bond acceptors (Lipinski definition) is 4. The average molecular weight is 317 g/mol. The van der Waals surface area contributed by atoms with Crippen LogP contribution >= 0.6 is 15.9 Å². The fourth-order valence-electron chi connectivity index (χ4n) is 1.34. The monoisotopic (exact) mass is 316 g/mol. The molecule has 0 fully saturated rings. The number of rotatable bonds is 5. The van der Waals surface area contributed by atoms with Gasteiger partial charge < -0.3 is 10.4 Å². The molecule has 1 atom stereocenters. The molecule has 0 bridgehead atoms. The summed E-state index contributed by atoms with van der Waals surface area (Å²) in [6.45, 7) is 1.69. The molecule has 6 nitrogen and oxygen atoms in total. The van der Waals surface area contributed by atoms with Crippen molar-refractivity contribution in [3.05, 3.63) is 38.3 Å². The van der Waals surface area contributed by atoms with Crippen molar-refractivity contribution in [2.45, 2.75) is 19.4 Å². The van der Waals surface area contributed by atoms with E-state index in [9.17, 15) is 14.9 Å². The summed E-state index contributed by atoms with van der Waals surface area (Å²) in [5, 5.41) is 22.2. The highest BCUT2D eigenvalue weighted by Crippen LogP contribution is 2.23. The minimum Gasteiger partial charge on any atom is -0.394 e. The van der Waals surface area contributed by atoms with Gasteiger partial charge in [-0.2, -0.15) is 0 Å². The first kappa shape index (κ1) is 14.6. The summed E-state index contributed by atoms with van der Waals surface area (Å²) in [5.74, 6) is -0.377. The van der Waals surface area contributed by atoms with E-state index in [0.29, 0.717) is 16.5 Å². The molecule has 0 saturated heterocycles. The van der Waals surface area contributed by atoms with Crippen molar-refractivity contribution < 1.29 is 14.8 Å². The Labute approximate surface area is 112 Å². The Bertz CT molecular complexity index is 460. The largest absolute Gasteiger partial charge is 0.394 e. The average Bonchev–Trinajstić information content (AvgIpc) is 2.35. The van der Waals surface area contributed by atoms with E-state index in [4.69, 9.17) is 5.11 Å². The van der Waals surface area contributed by atoms with E-state index >= 15 is 0 Å². The first-order valence-electron chi connectivity index (χ1n) is 5.35. The summed E-state index contributed by atoms with van der Waals surface area (Å²) in [5.41, 5.74) is 0.208. The number of nitro benzene ring substituents is 1. The second kappa shape index (κ2) is 6.46. The maximum absolute atomic E-state index is 11.9. The van der Waals surface area contributed by atoms with Crippen molar-refractivity contribution in [1.82, 2.24) is 5.32 Å². The molecule has 1 amide bonds. The number of hydrogen-bond donors (Lipinski definition) is 2. The Morgan fingerprint density at radius 3 is 2.72 bits per heavy atom. The van der Waals surface area contributed by atoms with Crippen molar-refractivity contribution in [3.63, 3.8) is 0 Å². The quantitative estimate of drug-likeness (QED) is 0.640. The predicted octanol–water partition coefficient (Wildman–Crippen LogP) is 1.86. The molecule has 0 aliphatic rings. The lowest BCUT2D eigenvalue weighted by atomic mass is 10.1. The Morgan fingerprint density at radius 2 is 2.28 bits per heavy atom. The molecule has 0 heterocycles. The summed E-state index contributed by atoms with van der Waals surface area (Å²) >= 11 is 3.12. The standard InChI is InChI=1S/C11H13BrN2O4/c1-2-7(6-15)13-11(16)9-4-3-8(14(17)18)5-10(9)12/h3-5,7,15H,2,6H2,1H3,(H,13,16). The van der Waals surface area contributed by atoms with Gasteiger partial charge in [0.15, 0.2) is 0 Å². The Kier molecular flexibility index (Phi) is 5.24. The van der Waals surface area contributed by atoms with Gasteiger partial charge in [0.05, 0.1) is 23.1 Å². The van der Waals surface area contributed by atoms with Gasteiger partial charge in [0, 0.05) is 16.6 Å². The molecule has 0 aliphatic carbocycles. The van der Waals surface area contributed by atoms with Gasteiger partial charge in [-0.05, 0) is 28.4 Å². The van der Waals surface area contributed by atoms with E-state index in [1.807, 2.05) is 6.92 Å². The van der Waals surface area contributed by atoms with Gasteiger partial charge >= 0.3 is 0 Å². The van der Waals surface area contributed by atoms with E-state index in [-0.39, 0.29) is 24.2 Å². The fraction of sp³-hybridized carbons (Fsp3) is 0.364. The third kappa shape index (κ3) is 3.51. The zero-order chi connectivity index (χ0) is 13.7. The van der Waals surface area contributed by atoms with E-state index in [1.54, 1.807) is 0 Å². The van der Waals surface area contributed by atoms with Gasteiger partial charge in [-0.3, -0.25) is 14.9 Å². The molecule has 0 aliphatic heterocycles. The molecule has 1 unspecified atom stereocenters. The molecule has 1 aromatic rings. The molecular weight excluding hydrogens is 304 g/mol. The number of non-ortho nitro benzene ring substituents is 1. The fourth-order valence-corrected chi connectivity index (χ4v) is 1.89. The first-order chi connectivity index (χ1) is 8.49. The van der Waals surface area contributed by atoms with Gasteiger partial charge in [-0.25, -0.2) is 0 Å². The zero-order valence-electron chi connectivity index (χ0n) is 9.72. The summed E-state index contributed by atoms with van der Waals surface area (Å²) < 4.78 is 0.349. The first-order valence-corrected chi connectivity index (χ1v) is 6.14. The highest BCUT2D eigenvalue weighted by atomic mass is 79.9. The molecule has 1 rings (SSSR count). The van der Waals surface area contributed by atoms with Crippen LogP contribution in [0.15, 0.2) is 22.7 Å². The molecule has 18 heavy (non-hydrogen) atoms. The van der Waals surface area contributed by atoms with E-state index in [2.05, 4.69) is 21.2 Å². The Hall–Kier alpha value is -1.47. The summed E-state index contributed by atoms with van der Waals surface area (Å²) in [7, 11) is 0. The van der Waals surface area contributed by atoms with E-state index < -0.39 is 4.92 Å². The van der Waals surface area contributed by atoms with Crippen LogP contribution in [-0.4, -0.2) is 28.6 Å². The van der Waals surface area contributed by atoms with Crippen LogP contribution < -0.4 is 5.32 Å². The molecule has 0 aromatic heterocycles. The van der Waals surface area contributed by atoms with E-state index in [1.165, 1.54) is 18.2 Å². The summed E-state index contributed by atoms with van der Waals surface area (Å²) in [4.78, 5) is 21.9. The van der Waals surface area contributed by atoms with Crippen molar-refractivity contribution >= 4 is 27.5 Å². The maximum Gasteiger partial charge on any atom is 0.270 e. The lowest BCUT2D eigenvalue weighted by molar-refractivity contribution is -0.384. The number of carbonyl (C=O) groups is 1. The Morgan fingerprint density at radius 1 is 1.61 bits per heavy atom. The van der Waals surface area contributed by atoms with Crippen LogP contribution in [0.4, 0.5) is 5.69 Å². The number of benzene rings is 1. The number of nitrogens with zero attached hydrogens (tertiary/aromatic N) is 1. The van der Waals surface area contributed by atoms with Crippen LogP contribution in [0.3, 0.4) is 0 Å². The number of halogens is 1. The second-order valence-corrected chi connectivity index (χ2v) is 4.54. The molecular formula is C11H13BrN2O4. The minimum atomic E-state index is -0.533. The second-order valence-electron chi connectivity index (χ2n) is 3.68. The van der Waals surface area contributed by atoms with Gasteiger partial charge in [-0.1, -0.05) is 6.92 Å². The number of amides is 1. The third-order valence-electron chi connectivity index (χ3n) is 2.46. The van der Waals surface area contributed by atoms with Crippen LogP contribution in [0, 0.1) is 10.1 Å². The lowest BCUT2D eigenvalue weighted by Gasteiger charge is -2.14. The van der Waals surface area contributed by atoms with Gasteiger partial charge in [0.1, 0.15) is 0 Å². The number of nitro groups is 1. The highest BCUT2D eigenvalue weighted by molar-refractivity contribution is 9.10. The van der Waals surface area contributed by atoms with Crippen LogP contribution in [0.5, 0.6) is 0 Å². The van der Waals surface area contributed by atoms with Crippen molar-refractivity contribution in [2.24, 2.45) is 0 Å². The van der Waals surface area contributed by atoms with Crippen molar-refractivity contribution in [2.75, 3.05) is 6.61 Å². The van der Waals surface area contributed by atoms with Crippen LogP contribution in [0.25, 0.3) is 0 Å². The molecule has 0 spiro atoms. The van der Waals surface area contributed by atoms with Gasteiger partial charge in [-0.15, -0.1) is 0 Å². The SMILES string of the molecule is CCC(CO)NC(=O)c1ccc([N+](=O)[O-])cc1Br. The summed E-state index contributed by atoms with van der Waals surface area (Å²) in [6, 6.07) is 3.59. The van der Waals surface area contributed by atoms with E-state index in [0.717, 1.165) is 0 Å². The van der Waals surface area contributed by atoms with Gasteiger partial charge in [0.25, 0.3) is 11.6 Å². The summed E-state index contributed by atoms with van der Waals surface area (Å²) in [6.07, 6.45) is 0.604. The molecule has 0 saturated carbocycles. The maximum atomic E-state index is 11.9. The molecule has 7 heteroatoms. The van der Waals surface area contributed by atoms with Gasteiger partial charge in [0.2, 0.25) is 0 Å². The molecule has 98 valence electrons. The lowest BCUT2D eigenvalue weighted by Crippen LogP contribution is -2.37. The third-order valence-corrected chi connectivity index (χ3v) is 3.11. The number of nitrogens with one attached hydrogen (secondary N) is 1. The topological polar surface area (TPSA) is 92.5 Å². The molecule has 2 N–H and O–H groups in total. The number of aliphatic hydroxyl groups is 1. The van der Waals surface area contributed by atoms with Crippen LogP contribution in [-0.2, 0) is 0 Å². The molecule has 0 radical (unpaired) electrons. The van der Waals surface area contributed by atoms with Crippen LogP contribution in [0.2, 0.25) is 0 Å². The van der Waals surface area contributed by atoms with Crippen LogP contribution in [0.1, 0.15) is 23.7 Å². The highest BCUT2D eigenvalue weighted by Gasteiger charge is 2.16. The number of aliphatic hydroxyl groups excluding tert-OH is 1. The van der Waals surface area contributed by atoms with Crippen molar-refractivity contribution in [3.8, 4) is 0 Å². The Balaban J connectivity index is 2.90. The molecule has 1 aromatic carbocycles. The smallest absolute Gasteiger partial charge is 0.270 e. The minimum absolute atomic E-state index is 0.0902. The zero-order valence-corrected chi connectivity index (χ0v) is 11.3. The predicted molar refractivity (Wildman–Crippen MR) is 69.4 cm³/mol.